The van der Waals surface area contributed by atoms with Crippen molar-refractivity contribution >= 4 is 27.5 Å². The summed E-state index contributed by atoms with van der Waals surface area (Å²) in [5.74, 6) is 0. The molecule has 1 atom stereocenters. The molecule has 0 bridgehead atoms. The van der Waals surface area contributed by atoms with Gasteiger partial charge in [-0.3, -0.25) is 0 Å². The highest BCUT2D eigenvalue weighted by molar-refractivity contribution is 9.10. The molecule has 0 saturated carbocycles. The maximum atomic E-state index is 6.28. The third kappa shape index (κ3) is 3.97. The van der Waals surface area contributed by atoms with Gasteiger partial charge in [0.1, 0.15) is 0 Å². The first kappa shape index (κ1) is 15.8. The molecule has 20 heavy (non-hydrogen) atoms. The van der Waals surface area contributed by atoms with Crippen LogP contribution in [-0.2, 0) is 5.41 Å². The lowest BCUT2D eigenvalue weighted by molar-refractivity contribution is 0.364. The third-order valence-corrected chi connectivity index (χ3v) is 4.58. The molecule has 0 N–H and O–H groups in total. The standard InChI is InChI=1S/C17H21BrClN/c1-20(2)12-4-11-17(10-3-5-16(19)13-17)14-6-8-15(18)9-7-14/h3,5-9,13H,4,10-12H2,1-2H3. The molecule has 0 spiro atoms. The number of hydrogen-bond donors (Lipinski definition) is 0. The van der Waals surface area contributed by atoms with Crippen LogP contribution in [0, 0.1) is 0 Å². The van der Waals surface area contributed by atoms with Gasteiger partial charge in [0.15, 0.2) is 0 Å². The SMILES string of the molecule is CN(C)CCCC1(c2ccc(Br)cc2)C=C(Cl)C=CC1. The Labute approximate surface area is 135 Å². The van der Waals surface area contributed by atoms with Crippen molar-refractivity contribution in [3.8, 4) is 0 Å². The summed E-state index contributed by atoms with van der Waals surface area (Å²) < 4.78 is 1.12. The fraction of sp³-hybridized carbons (Fsp3) is 0.412. The number of nitrogens with zero attached hydrogens (tertiary/aromatic N) is 1. The van der Waals surface area contributed by atoms with Gasteiger partial charge in [-0.1, -0.05) is 51.8 Å². The lowest BCUT2D eigenvalue weighted by Gasteiger charge is -2.33. The van der Waals surface area contributed by atoms with Crippen LogP contribution in [0.2, 0.25) is 0 Å². The van der Waals surface area contributed by atoms with Crippen LogP contribution >= 0.6 is 27.5 Å². The van der Waals surface area contributed by atoms with Crippen LogP contribution in [0.15, 0.2) is 52.0 Å². The molecule has 1 aromatic carbocycles. The third-order valence-electron chi connectivity index (χ3n) is 3.82. The van der Waals surface area contributed by atoms with Crippen LogP contribution in [0.5, 0.6) is 0 Å². The van der Waals surface area contributed by atoms with Gasteiger partial charge in [0.05, 0.1) is 0 Å². The topological polar surface area (TPSA) is 3.24 Å². The molecule has 1 aromatic rings. The number of hydrogen-bond acceptors (Lipinski definition) is 1. The van der Waals surface area contributed by atoms with Gasteiger partial charge in [0.2, 0.25) is 0 Å². The van der Waals surface area contributed by atoms with E-state index >= 15 is 0 Å². The van der Waals surface area contributed by atoms with Gasteiger partial charge in [-0.25, -0.2) is 0 Å². The Morgan fingerprint density at radius 1 is 1.25 bits per heavy atom. The van der Waals surface area contributed by atoms with E-state index in [4.69, 9.17) is 11.6 Å². The predicted octanol–water partition coefficient (Wildman–Crippen LogP) is 5.11. The lowest BCUT2D eigenvalue weighted by Crippen LogP contribution is -2.26. The first-order valence-corrected chi connectivity index (χ1v) is 8.15. The largest absolute Gasteiger partial charge is 0.309 e. The molecule has 3 heteroatoms. The predicted molar refractivity (Wildman–Crippen MR) is 91.3 cm³/mol. The van der Waals surface area contributed by atoms with Gasteiger partial charge >= 0.3 is 0 Å². The minimum absolute atomic E-state index is 0.0442. The number of benzene rings is 1. The Balaban J connectivity index is 2.25. The van der Waals surface area contributed by atoms with Gasteiger partial charge < -0.3 is 4.90 Å². The van der Waals surface area contributed by atoms with Gasteiger partial charge in [-0.2, -0.15) is 0 Å². The molecule has 1 aliphatic carbocycles. The van der Waals surface area contributed by atoms with E-state index in [-0.39, 0.29) is 5.41 Å². The molecule has 108 valence electrons. The van der Waals surface area contributed by atoms with Crippen LogP contribution in [-0.4, -0.2) is 25.5 Å². The normalized spacial score (nSPS) is 22.1. The number of rotatable bonds is 5. The first-order valence-electron chi connectivity index (χ1n) is 6.97. The second kappa shape index (κ2) is 6.93. The van der Waals surface area contributed by atoms with Crippen LogP contribution in [0.25, 0.3) is 0 Å². The van der Waals surface area contributed by atoms with Crippen LogP contribution in [0.3, 0.4) is 0 Å². The molecule has 1 aliphatic rings. The van der Waals surface area contributed by atoms with Gasteiger partial charge in [-0.15, -0.1) is 0 Å². The van der Waals surface area contributed by atoms with E-state index in [1.54, 1.807) is 0 Å². The first-order chi connectivity index (χ1) is 9.52. The van der Waals surface area contributed by atoms with Gasteiger partial charge in [0, 0.05) is 14.9 Å². The maximum Gasteiger partial charge on any atom is 0.0372 e. The molecule has 0 radical (unpaired) electrons. The minimum Gasteiger partial charge on any atom is -0.309 e. The van der Waals surface area contributed by atoms with Crippen molar-refractivity contribution < 1.29 is 0 Å². The fourth-order valence-electron chi connectivity index (χ4n) is 2.77. The second-order valence-corrected chi connectivity index (χ2v) is 7.06. The van der Waals surface area contributed by atoms with Crippen LogP contribution in [0.4, 0.5) is 0 Å². The van der Waals surface area contributed by atoms with E-state index < -0.39 is 0 Å². The molecule has 0 amide bonds. The smallest absolute Gasteiger partial charge is 0.0372 e. The van der Waals surface area contributed by atoms with E-state index in [1.807, 2.05) is 6.08 Å². The van der Waals surface area contributed by atoms with Crippen molar-refractivity contribution in [2.75, 3.05) is 20.6 Å². The van der Waals surface area contributed by atoms with Crippen molar-refractivity contribution in [2.45, 2.75) is 24.7 Å². The van der Waals surface area contributed by atoms with Crippen LogP contribution in [0.1, 0.15) is 24.8 Å². The molecular weight excluding hydrogens is 334 g/mol. The second-order valence-electron chi connectivity index (χ2n) is 5.71. The molecule has 0 saturated heterocycles. The summed E-state index contributed by atoms with van der Waals surface area (Å²) in [5, 5.41) is 0.851. The highest BCUT2D eigenvalue weighted by Crippen LogP contribution is 2.39. The molecule has 1 nitrogen and oxygen atoms in total. The zero-order valence-corrected chi connectivity index (χ0v) is 14.4. The molecular formula is C17H21BrClN. The summed E-state index contributed by atoms with van der Waals surface area (Å²) in [6, 6.07) is 8.64. The fourth-order valence-corrected chi connectivity index (χ4v) is 3.33. The average molecular weight is 355 g/mol. The van der Waals surface area contributed by atoms with E-state index in [2.05, 4.69) is 71.3 Å². The average Bonchev–Trinajstić information content (AvgIpc) is 2.39. The van der Waals surface area contributed by atoms with Crippen LogP contribution < -0.4 is 0 Å². The van der Waals surface area contributed by atoms with Crippen molar-refractivity contribution in [1.29, 1.82) is 0 Å². The van der Waals surface area contributed by atoms with Gasteiger partial charge in [-0.05, 0) is 63.7 Å². The van der Waals surface area contributed by atoms with Crippen molar-refractivity contribution in [3.63, 3.8) is 0 Å². The maximum absolute atomic E-state index is 6.28. The zero-order chi connectivity index (χ0) is 14.6. The van der Waals surface area contributed by atoms with E-state index in [1.165, 1.54) is 5.56 Å². The highest BCUT2D eigenvalue weighted by Gasteiger charge is 2.30. The number of allylic oxidation sites excluding steroid dienone is 4. The van der Waals surface area contributed by atoms with E-state index in [9.17, 15) is 0 Å². The van der Waals surface area contributed by atoms with E-state index in [0.29, 0.717) is 0 Å². The monoisotopic (exact) mass is 353 g/mol. The molecule has 1 unspecified atom stereocenters. The molecule has 0 heterocycles. The summed E-state index contributed by atoms with van der Waals surface area (Å²) in [6.07, 6.45) is 9.74. The Morgan fingerprint density at radius 2 is 1.95 bits per heavy atom. The summed E-state index contributed by atoms with van der Waals surface area (Å²) in [5.41, 5.74) is 1.39. The molecule has 0 fully saturated rings. The molecule has 0 aliphatic heterocycles. The summed E-state index contributed by atoms with van der Waals surface area (Å²) in [7, 11) is 4.24. The highest BCUT2D eigenvalue weighted by atomic mass is 79.9. The lowest BCUT2D eigenvalue weighted by atomic mass is 9.72. The summed E-state index contributed by atoms with van der Waals surface area (Å²) in [6.45, 7) is 1.10. The van der Waals surface area contributed by atoms with Crippen molar-refractivity contribution in [3.05, 3.63) is 57.6 Å². The Bertz CT molecular complexity index is 504. The quantitative estimate of drug-likeness (QED) is 0.710. The summed E-state index contributed by atoms with van der Waals surface area (Å²) in [4.78, 5) is 2.24. The minimum atomic E-state index is 0.0442. The molecule has 0 aromatic heterocycles. The zero-order valence-electron chi connectivity index (χ0n) is 12.1. The number of halogens is 2. The van der Waals surface area contributed by atoms with Crippen molar-refractivity contribution in [1.82, 2.24) is 4.90 Å². The Morgan fingerprint density at radius 3 is 2.55 bits per heavy atom. The van der Waals surface area contributed by atoms with Gasteiger partial charge in [0.25, 0.3) is 0 Å². The summed E-state index contributed by atoms with van der Waals surface area (Å²) >= 11 is 9.79. The Hall–Kier alpha value is -0.570. The van der Waals surface area contributed by atoms with Crippen molar-refractivity contribution in [2.24, 2.45) is 0 Å². The Kier molecular flexibility index (Phi) is 5.48. The van der Waals surface area contributed by atoms with E-state index in [0.717, 1.165) is 35.3 Å². The molecule has 2 rings (SSSR count).